The Morgan fingerprint density at radius 2 is 1.83 bits per heavy atom. The van der Waals surface area contributed by atoms with Crippen LogP contribution in [0.15, 0.2) is 59.7 Å². The predicted octanol–water partition coefficient (Wildman–Crippen LogP) is 5.25. The van der Waals surface area contributed by atoms with Crippen molar-refractivity contribution < 1.29 is 4.79 Å². The fourth-order valence-corrected chi connectivity index (χ4v) is 4.66. The zero-order chi connectivity index (χ0) is 21.4. The van der Waals surface area contributed by atoms with Gasteiger partial charge in [0.15, 0.2) is 0 Å². The average Bonchev–Trinajstić information content (AvgIpc) is 3.07. The molecule has 0 saturated heterocycles. The van der Waals surface area contributed by atoms with Crippen LogP contribution in [0.25, 0.3) is 21.3 Å². The molecular formula is C24H23N3O2S. The minimum Gasteiger partial charge on any atom is -0.324 e. The fraction of sp³-hybridized carbons (Fsp3) is 0.208. The maximum Gasteiger partial charge on any atom is 0.263 e. The van der Waals surface area contributed by atoms with Gasteiger partial charge in [-0.25, -0.2) is 4.98 Å². The summed E-state index contributed by atoms with van der Waals surface area (Å²) in [7, 11) is 0. The molecule has 2 aromatic carbocycles. The van der Waals surface area contributed by atoms with Gasteiger partial charge in [-0.15, -0.1) is 11.3 Å². The first-order chi connectivity index (χ1) is 14.4. The van der Waals surface area contributed by atoms with Crippen LogP contribution in [0.1, 0.15) is 29.0 Å². The lowest BCUT2D eigenvalue weighted by molar-refractivity contribution is -0.118. The van der Waals surface area contributed by atoms with E-state index in [1.165, 1.54) is 22.2 Å². The second-order valence-corrected chi connectivity index (χ2v) is 8.72. The summed E-state index contributed by atoms with van der Waals surface area (Å²) in [5.74, 6) is -0.251. The van der Waals surface area contributed by atoms with E-state index >= 15 is 0 Å². The van der Waals surface area contributed by atoms with E-state index < -0.39 is 6.04 Å². The van der Waals surface area contributed by atoms with Gasteiger partial charge in [-0.1, -0.05) is 48.0 Å². The Kier molecular flexibility index (Phi) is 5.26. The Morgan fingerprint density at radius 1 is 1.10 bits per heavy atom. The molecule has 2 aromatic heterocycles. The van der Waals surface area contributed by atoms with E-state index in [0.29, 0.717) is 10.2 Å². The van der Waals surface area contributed by atoms with Crippen molar-refractivity contribution in [2.24, 2.45) is 0 Å². The normalized spacial score (nSPS) is 12.1. The number of anilines is 1. The molecule has 2 heterocycles. The van der Waals surface area contributed by atoms with Gasteiger partial charge in [-0.3, -0.25) is 14.2 Å². The van der Waals surface area contributed by atoms with Crippen molar-refractivity contribution in [3.05, 3.63) is 81.2 Å². The number of rotatable bonds is 4. The average molecular weight is 418 g/mol. The van der Waals surface area contributed by atoms with Crippen LogP contribution in [-0.4, -0.2) is 15.5 Å². The molecule has 0 spiro atoms. The number of carbonyl (C=O) groups excluding carboxylic acids is 1. The van der Waals surface area contributed by atoms with E-state index in [-0.39, 0.29) is 11.5 Å². The number of carbonyl (C=O) groups is 1. The third-order valence-electron chi connectivity index (χ3n) is 5.31. The standard InChI is InChI=1S/C24H23N3O2S/c1-14-10-11-19(15(2)12-14)26-22(28)16(3)27-13-25-23-21(24(27)29)20(17(4)30-23)18-8-6-5-7-9-18/h5-13,16H,1-4H3,(H,26,28)/t16-/m0/s1. The number of aryl methyl sites for hydroxylation is 3. The van der Waals surface area contributed by atoms with Crippen LogP contribution in [0.4, 0.5) is 5.69 Å². The summed E-state index contributed by atoms with van der Waals surface area (Å²) in [5, 5.41) is 3.51. The number of hydrogen-bond donors (Lipinski definition) is 1. The van der Waals surface area contributed by atoms with Crippen molar-refractivity contribution >= 4 is 33.1 Å². The lowest BCUT2D eigenvalue weighted by Gasteiger charge is -2.16. The number of hydrogen-bond acceptors (Lipinski definition) is 4. The van der Waals surface area contributed by atoms with Crippen LogP contribution in [0.3, 0.4) is 0 Å². The smallest absolute Gasteiger partial charge is 0.263 e. The van der Waals surface area contributed by atoms with Crippen molar-refractivity contribution in [1.29, 1.82) is 0 Å². The molecule has 6 heteroatoms. The van der Waals surface area contributed by atoms with Crippen LogP contribution in [-0.2, 0) is 4.79 Å². The fourth-order valence-electron chi connectivity index (χ4n) is 3.66. The zero-order valence-electron chi connectivity index (χ0n) is 17.4. The molecule has 0 bridgehead atoms. The molecule has 0 saturated carbocycles. The van der Waals surface area contributed by atoms with Gasteiger partial charge in [-0.05, 0) is 44.9 Å². The summed E-state index contributed by atoms with van der Waals surface area (Å²) in [6.45, 7) is 7.67. The number of nitrogens with zero attached hydrogens (tertiary/aromatic N) is 2. The highest BCUT2D eigenvalue weighted by molar-refractivity contribution is 7.19. The van der Waals surface area contributed by atoms with Gasteiger partial charge in [0.05, 0.1) is 11.7 Å². The Bertz CT molecular complexity index is 1310. The summed E-state index contributed by atoms with van der Waals surface area (Å²) < 4.78 is 1.42. The number of aromatic nitrogens is 2. The summed E-state index contributed by atoms with van der Waals surface area (Å²) in [5.41, 5.74) is 4.53. The molecule has 0 fully saturated rings. The van der Waals surface area contributed by atoms with E-state index in [1.807, 2.05) is 69.3 Å². The van der Waals surface area contributed by atoms with Gasteiger partial charge in [0, 0.05) is 16.1 Å². The third kappa shape index (κ3) is 3.55. The molecule has 0 aliphatic heterocycles. The Morgan fingerprint density at radius 3 is 2.53 bits per heavy atom. The van der Waals surface area contributed by atoms with Crippen molar-refractivity contribution in [2.75, 3.05) is 5.32 Å². The van der Waals surface area contributed by atoms with E-state index in [0.717, 1.165) is 32.8 Å². The topological polar surface area (TPSA) is 64.0 Å². The Hall–Kier alpha value is -3.25. The Labute approximate surface area is 179 Å². The minimum absolute atomic E-state index is 0.202. The van der Waals surface area contributed by atoms with E-state index in [4.69, 9.17) is 0 Å². The van der Waals surface area contributed by atoms with Gasteiger partial charge in [0.2, 0.25) is 5.91 Å². The monoisotopic (exact) mass is 417 g/mol. The van der Waals surface area contributed by atoms with Crippen LogP contribution in [0, 0.1) is 20.8 Å². The van der Waals surface area contributed by atoms with Gasteiger partial charge in [-0.2, -0.15) is 0 Å². The van der Waals surface area contributed by atoms with E-state index in [1.54, 1.807) is 6.92 Å². The molecule has 1 atom stereocenters. The summed E-state index contributed by atoms with van der Waals surface area (Å²) in [6.07, 6.45) is 1.47. The highest BCUT2D eigenvalue weighted by Crippen LogP contribution is 2.35. The van der Waals surface area contributed by atoms with Crippen LogP contribution >= 0.6 is 11.3 Å². The zero-order valence-corrected chi connectivity index (χ0v) is 18.2. The lowest BCUT2D eigenvalue weighted by Crippen LogP contribution is -2.31. The van der Waals surface area contributed by atoms with Gasteiger partial charge >= 0.3 is 0 Å². The van der Waals surface area contributed by atoms with Crippen molar-refractivity contribution in [1.82, 2.24) is 9.55 Å². The summed E-state index contributed by atoms with van der Waals surface area (Å²) >= 11 is 1.50. The first-order valence-corrected chi connectivity index (χ1v) is 10.6. The first-order valence-electron chi connectivity index (χ1n) is 9.80. The maximum absolute atomic E-state index is 13.4. The number of thiophene rings is 1. The Balaban J connectivity index is 1.75. The first kappa shape index (κ1) is 20.0. The van der Waals surface area contributed by atoms with Crippen molar-refractivity contribution in [3.63, 3.8) is 0 Å². The molecule has 0 aliphatic carbocycles. The molecule has 4 aromatic rings. The number of benzene rings is 2. The van der Waals surface area contributed by atoms with Crippen molar-refractivity contribution in [3.8, 4) is 11.1 Å². The second kappa shape index (κ2) is 7.88. The van der Waals surface area contributed by atoms with Crippen molar-refractivity contribution in [2.45, 2.75) is 33.7 Å². The molecule has 0 unspecified atom stereocenters. The molecular weight excluding hydrogens is 394 g/mol. The quantitative estimate of drug-likeness (QED) is 0.493. The van der Waals surface area contributed by atoms with Crippen LogP contribution in [0.2, 0.25) is 0 Å². The molecule has 152 valence electrons. The molecule has 0 aliphatic rings. The highest BCUT2D eigenvalue weighted by Gasteiger charge is 2.22. The lowest BCUT2D eigenvalue weighted by atomic mass is 10.0. The van der Waals surface area contributed by atoms with E-state index in [9.17, 15) is 9.59 Å². The molecule has 1 amide bonds. The van der Waals surface area contributed by atoms with Crippen LogP contribution < -0.4 is 10.9 Å². The molecule has 5 nitrogen and oxygen atoms in total. The molecule has 4 rings (SSSR count). The summed E-state index contributed by atoms with van der Waals surface area (Å²) in [4.78, 5) is 32.5. The van der Waals surface area contributed by atoms with Crippen LogP contribution in [0.5, 0.6) is 0 Å². The molecule has 1 N–H and O–H groups in total. The number of nitrogens with one attached hydrogen (secondary N) is 1. The summed E-state index contributed by atoms with van der Waals surface area (Å²) in [6, 6.07) is 15.0. The maximum atomic E-state index is 13.4. The van der Waals surface area contributed by atoms with Gasteiger partial charge in [0.25, 0.3) is 5.56 Å². The highest BCUT2D eigenvalue weighted by atomic mass is 32.1. The largest absolute Gasteiger partial charge is 0.324 e. The van der Waals surface area contributed by atoms with E-state index in [2.05, 4.69) is 10.3 Å². The molecule has 0 radical (unpaired) electrons. The molecule has 30 heavy (non-hydrogen) atoms. The second-order valence-electron chi connectivity index (χ2n) is 7.52. The minimum atomic E-state index is -0.695. The number of fused-ring (bicyclic) bond motifs is 1. The van der Waals surface area contributed by atoms with Gasteiger partial charge in [0.1, 0.15) is 10.9 Å². The third-order valence-corrected chi connectivity index (χ3v) is 6.33. The number of amides is 1. The SMILES string of the molecule is Cc1ccc(NC(=O)[C@H](C)n2cnc3sc(C)c(-c4ccccc4)c3c2=O)c(C)c1. The van der Waals surface area contributed by atoms with Gasteiger partial charge < -0.3 is 5.32 Å². The predicted molar refractivity (Wildman–Crippen MR) is 123 cm³/mol.